The summed E-state index contributed by atoms with van der Waals surface area (Å²) in [5.41, 5.74) is 15.6. The number of carbonyl (C=O) groups is 1. The van der Waals surface area contributed by atoms with Gasteiger partial charge in [-0.1, -0.05) is 17.7 Å². The zero-order chi connectivity index (χ0) is 15.0. The number of aryl methyl sites for hydroxylation is 1. The maximum Gasteiger partial charge on any atom is 0.250 e. The highest BCUT2D eigenvalue weighted by atomic mass is 35.5. The maximum absolute atomic E-state index is 11.5. The molecule has 1 aliphatic carbocycles. The third-order valence-corrected chi connectivity index (χ3v) is 4.06. The molecule has 0 aromatic heterocycles. The van der Waals surface area contributed by atoms with Crippen molar-refractivity contribution in [1.29, 1.82) is 0 Å². The average molecular weight is 302 g/mol. The number of halogens is 1. The van der Waals surface area contributed by atoms with Crippen molar-refractivity contribution in [3.63, 3.8) is 0 Å². The molecule has 21 heavy (non-hydrogen) atoms. The Kier molecular flexibility index (Phi) is 3.47. The van der Waals surface area contributed by atoms with E-state index in [0.29, 0.717) is 16.3 Å². The molecular formula is C16H16ClN3O. The van der Waals surface area contributed by atoms with Crippen molar-refractivity contribution < 1.29 is 4.79 Å². The molecule has 0 spiro atoms. The third kappa shape index (κ3) is 2.67. The van der Waals surface area contributed by atoms with E-state index >= 15 is 0 Å². The van der Waals surface area contributed by atoms with Gasteiger partial charge in [0.05, 0.1) is 11.6 Å². The van der Waals surface area contributed by atoms with E-state index in [9.17, 15) is 4.79 Å². The Bertz CT molecular complexity index is 715. The minimum Gasteiger partial charge on any atom is -0.399 e. The average Bonchev–Trinajstić information content (AvgIpc) is 2.82. The number of nitrogen functional groups attached to an aromatic ring is 1. The van der Waals surface area contributed by atoms with Gasteiger partial charge in [-0.05, 0) is 54.3 Å². The van der Waals surface area contributed by atoms with Crippen molar-refractivity contribution in [3.8, 4) is 0 Å². The van der Waals surface area contributed by atoms with Crippen LogP contribution in [0.5, 0.6) is 0 Å². The SMILES string of the molecule is NC(=O)c1cc(Cl)ccc1NC1CCc2cc(N)ccc21. The Morgan fingerprint density at radius 2 is 2.05 bits per heavy atom. The van der Waals surface area contributed by atoms with Crippen LogP contribution in [0.15, 0.2) is 36.4 Å². The van der Waals surface area contributed by atoms with E-state index in [4.69, 9.17) is 23.1 Å². The van der Waals surface area contributed by atoms with Crippen molar-refractivity contribution in [3.05, 3.63) is 58.1 Å². The number of rotatable bonds is 3. The standard InChI is InChI=1S/C16H16ClN3O/c17-10-2-6-15(13(8-10)16(19)21)20-14-5-1-9-7-11(18)3-4-12(9)14/h2-4,6-8,14,20H,1,5,18H2,(H2,19,21). The Morgan fingerprint density at radius 3 is 2.81 bits per heavy atom. The van der Waals surface area contributed by atoms with Gasteiger partial charge < -0.3 is 16.8 Å². The van der Waals surface area contributed by atoms with Crippen LogP contribution in [0.2, 0.25) is 5.02 Å². The van der Waals surface area contributed by atoms with E-state index in [0.717, 1.165) is 18.5 Å². The molecule has 5 heteroatoms. The molecule has 3 rings (SSSR count). The number of anilines is 2. The lowest BCUT2D eigenvalue weighted by atomic mass is 10.1. The lowest BCUT2D eigenvalue weighted by Gasteiger charge is -2.18. The van der Waals surface area contributed by atoms with Crippen LogP contribution in [-0.4, -0.2) is 5.91 Å². The summed E-state index contributed by atoms with van der Waals surface area (Å²) in [4.78, 5) is 11.5. The van der Waals surface area contributed by atoms with Gasteiger partial charge in [-0.2, -0.15) is 0 Å². The predicted octanol–water partition coefficient (Wildman–Crippen LogP) is 3.12. The topological polar surface area (TPSA) is 81.1 Å². The van der Waals surface area contributed by atoms with Crippen LogP contribution >= 0.6 is 11.6 Å². The van der Waals surface area contributed by atoms with Crippen LogP contribution in [0.25, 0.3) is 0 Å². The number of hydrogen-bond donors (Lipinski definition) is 3. The minimum atomic E-state index is -0.490. The fourth-order valence-electron chi connectivity index (χ4n) is 2.82. The summed E-state index contributed by atoms with van der Waals surface area (Å²) in [6.07, 6.45) is 1.93. The third-order valence-electron chi connectivity index (χ3n) is 3.82. The van der Waals surface area contributed by atoms with Crippen LogP contribution in [0.3, 0.4) is 0 Å². The van der Waals surface area contributed by atoms with Crippen molar-refractivity contribution in [1.82, 2.24) is 0 Å². The van der Waals surface area contributed by atoms with E-state index in [1.165, 1.54) is 11.1 Å². The summed E-state index contributed by atoms with van der Waals surface area (Å²) in [7, 11) is 0. The molecule has 0 aliphatic heterocycles. The molecule has 0 heterocycles. The first kappa shape index (κ1) is 13.8. The molecule has 1 atom stereocenters. The molecule has 5 N–H and O–H groups in total. The molecule has 0 saturated carbocycles. The van der Waals surface area contributed by atoms with Crippen LogP contribution in [0.1, 0.15) is 33.9 Å². The second kappa shape index (κ2) is 5.30. The second-order valence-electron chi connectivity index (χ2n) is 5.25. The number of nitrogens with one attached hydrogen (secondary N) is 1. The van der Waals surface area contributed by atoms with Crippen molar-refractivity contribution in [2.75, 3.05) is 11.1 Å². The molecule has 108 valence electrons. The normalized spacial score (nSPS) is 16.5. The quantitative estimate of drug-likeness (QED) is 0.762. The first-order valence-electron chi connectivity index (χ1n) is 6.79. The summed E-state index contributed by atoms with van der Waals surface area (Å²) >= 11 is 5.93. The van der Waals surface area contributed by atoms with Gasteiger partial charge in [0, 0.05) is 16.4 Å². The van der Waals surface area contributed by atoms with Crippen LogP contribution in [0.4, 0.5) is 11.4 Å². The van der Waals surface area contributed by atoms with Crippen molar-refractivity contribution in [2.24, 2.45) is 5.73 Å². The number of nitrogens with two attached hydrogens (primary N) is 2. The number of carbonyl (C=O) groups excluding carboxylic acids is 1. The Morgan fingerprint density at radius 1 is 1.24 bits per heavy atom. The van der Waals surface area contributed by atoms with Crippen molar-refractivity contribution >= 4 is 28.9 Å². The number of hydrogen-bond acceptors (Lipinski definition) is 3. The summed E-state index contributed by atoms with van der Waals surface area (Å²) in [6, 6.07) is 11.2. The molecule has 0 radical (unpaired) electrons. The number of fused-ring (bicyclic) bond motifs is 1. The van der Waals surface area contributed by atoms with Gasteiger partial charge in [0.15, 0.2) is 0 Å². The van der Waals surface area contributed by atoms with Gasteiger partial charge in [-0.3, -0.25) is 4.79 Å². The van der Waals surface area contributed by atoms with Gasteiger partial charge in [0.25, 0.3) is 5.91 Å². The van der Waals surface area contributed by atoms with Gasteiger partial charge in [-0.25, -0.2) is 0 Å². The zero-order valence-corrected chi connectivity index (χ0v) is 12.2. The van der Waals surface area contributed by atoms with E-state index in [-0.39, 0.29) is 6.04 Å². The fraction of sp³-hybridized carbons (Fsp3) is 0.188. The lowest BCUT2D eigenvalue weighted by molar-refractivity contribution is 0.100. The van der Waals surface area contributed by atoms with E-state index in [1.54, 1.807) is 18.2 Å². The lowest BCUT2D eigenvalue weighted by Crippen LogP contribution is -2.16. The molecule has 1 aliphatic rings. The Balaban J connectivity index is 1.91. The molecule has 0 bridgehead atoms. The summed E-state index contributed by atoms with van der Waals surface area (Å²) in [6.45, 7) is 0. The summed E-state index contributed by atoms with van der Waals surface area (Å²) < 4.78 is 0. The number of benzene rings is 2. The number of primary amides is 1. The molecule has 2 aromatic rings. The largest absolute Gasteiger partial charge is 0.399 e. The smallest absolute Gasteiger partial charge is 0.250 e. The molecule has 0 saturated heterocycles. The van der Waals surface area contributed by atoms with E-state index in [2.05, 4.69) is 5.32 Å². The molecule has 1 amide bonds. The fourth-order valence-corrected chi connectivity index (χ4v) is 2.99. The molecule has 2 aromatic carbocycles. The maximum atomic E-state index is 11.5. The highest BCUT2D eigenvalue weighted by Crippen LogP contribution is 2.35. The highest BCUT2D eigenvalue weighted by Gasteiger charge is 2.23. The van der Waals surface area contributed by atoms with Crippen LogP contribution in [-0.2, 0) is 6.42 Å². The Hall–Kier alpha value is -2.20. The first-order chi connectivity index (χ1) is 10.0. The number of amides is 1. The van der Waals surface area contributed by atoms with Gasteiger partial charge in [0.1, 0.15) is 0 Å². The van der Waals surface area contributed by atoms with Gasteiger partial charge in [-0.15, -0.1) is 0 Å². The highest BCUT2D eigenvalue weighted by molar-refractivity contribution is 6.31. The Labute approximate surface area is 128 Å². The molecule has 0 fully saturated rings. The monoisotopic (exact) mass is 301 g/mol. The zero-order valence-electron chi connectivity index (χ0n) is 11.4. The minimum absolute atomic E-state index is 0.153. The summed E-state index contributed by atoms with van der Waals surface area (Å²) in [5, 5.41) is 3.89. The molecular weight excluding hydrogens is 286 g/mol. The van der Waals surface area contributed by atoms with Crippen LogP contribution < -0.4 is 16.8 Å². The second-order valence-corrected chi connectivity index (χ2v) is 5.68. The van der Waals surface area contributed by atoms with E-state index < -0.39 is 5.91 Å². The molecule has 1 unspecified atom stereocenters. The van der Waals surface area contributed by atoms with E-state index in [1.807, 2.05) is 18.2 Å². The first-order valence-corrected chi connectivity index (χ1v) is 7.16. The van der Waals surface area contributed by atoms with Crippen molar-refractivity contribution in [2.45, 2.75) is 18.9 Å². The predicted molar refractivity (Wildman–Crippen MR) is 85.5 cm³/mol. The summed E-state index contributed by atoms with van der Waals surface area (Å²) in [5.74, 6) is -0.490. The molecule has 4 nitrogen and oxygen atoms in total. The van der Waals surface area contributed by atoms with Gasteiger partial charge >= 0.3 is 0 Å². The van der Waals surface area contributed by atoms with Crippen LogP contribution in [0, 0.1) is 0 Å². The van der Waals surface area contributed by atoms with Gasteiger partial charge in [0.2, 0.25) is 0 Å².